The largest absolute Gasteiger partial charge is 0.464 e. The molecule has 76 valence electrons. The first-order valence-corrected chi connectivity index (χ1v) is 4.53. The number of ether oxygens (including phenoxy) is 1. The van der Waals surface area contributed by atoms with Crippen molar-refractivity contribution in [3.63, 3.8) is 0 Å². The number of aromatic nitrogens is 2. The summed E-state index contributed by atoms with van der Waals surface area (Å²) in [5, 5.41) is 0.949. The van der Waals surface area contributed by atoms with Gasteiger partial charge >= 0.3 is 5.97 Å². The smallest absolute Gasteiger partial charge is 0.356 e. The van der Waals surface area contributed by atoms with Crippen LogP contribution < -0.4 is 0 Å². The lowest BCUT2D eigenvalue weighted by atomic mass is 10.2. The van der Waals surface area contributed by atoms with Crippen molar-refractivity contribution in [2.24, 2.45) is 0 Å². The molecule has 0 N–H and O–H groups in total. The Hall–Kier alpha value is -1.97. The number of carbonyl (C=O) groups is 1. The third kappa shape index (κ3) is 1.66. The number of esters is 1. The topological polar surface area (TPSA) is 52.1 Å². The fraction of sp³-hybridized carbons (Fsp3) is 0.182. The summed E-state index contributed by atoms with van der Waals surface area (Å²) >= 11 is 0. The van der Waals surface area contributed by atoms with Crippen molar-refractivity contribution in [3.05, 3.63) is 35.7 Å². The minimum absolute atomic E-state index is 0.281. The molecule has 15 heavy (non-hydrogen) atoms. The Balaban J connectivity index is 2.62. The lowest BCUT2D eigenvalue weighted by Gasteiger charge is -2.02. The summed E-state index contributed by atoms with van der Waals surface area (Å²) in [4.78, 5) is 19.5. The SMILES string of the molecule is COC(=O)c1ccc2c(C)ccnc2n1. The van der Waals surface area contributed by atoms with Crippen LogP contribution in [0.3, 0.4) is 0 Å². The van der Waals surface area contributed by atoms with Crippen LogP contribution in [-0.4, -0.2) is 23.0 Å². The van der Waals surface area contributed by atoms with E-state index in [2.05, 4.69) is 14.7 Å². The second-order valence-electron chi connectivity index (χ2n) is 3.19. The van der Waals surface area contributed by atoms with Gasteiger partial charge in [0.05, 0.1) is 7.11 Å². The van der Waals surface area contributed by atoms with Crippen LogP contribution in [0.5, 0.6) is 0 Å². The van der Waals surface area contributed by atoms with E-state index in [9.17, 15) is 4.79 Å². The summed E-state index contributed by atoms with van der Waals surface area (Å²) in [7, 11) is 1.33. The number of hydrogen-bond acceptors (Lipinski definition) is 4. The molecule has 4 heteroatoms. The second-order valence-corrected chi connectivity index (χ2v) is 3.19. The first-order chi connectivity index (χ1) is 7.22. The minimum atomic E-state index is -0.444. The summed E-state index contributed by atoms with van der Waals surface area (Å²) in [6.07, 6.45) is 1.67. The Morgan fingerprint density at radius 1 is 1.33 bits per heavy atom. The van der Waals surface area contributed by atoms with E-state index in [0.29, 0.717) is 5.65 Å². The van der Waals surface area contributed by atoms with Crippen molar-refractivity contribution in [1.82, 2.24) is 9.97 Å². The van der Waals surface area contributed by atoms with Crippen molar-refractivity contribution in [2.75, 3.05) is 7.11 Å². The van der Waals surface area contributed by atoms with Crippen LogP contribution in [-0.2, 0) is 4.74 Å². The summed E-state index contributed by atoms with van der Waals surface area (Å²) in [5.74, 6) is -0.444. The zero-order valence-electron chi connectivity index (χ0n) is 8.52. The van der Waals surface area contributed by atoms with E-state index < -0.39 is 5.97 Å². The van der Waals surface area contributed by atoms with E-state index in [1.54, 1.807) is 12.3 Å². The molecule has 0 unspecified atom stereocenters. The highest BCUT2D eigenvalue weighted by atomic mass is 16.5. The molecule has 0 aliphatic carbocycles. The van der Waals surface area contributed by atoms with E-state index in [1.807, 2.05) is 19.1 Å². The van der Waals surface area contributed by atoms with E-state index in [-0.39, 0.29) is 5.69 Å². The van der Waals surface area contributed by atoms with Gasteiger partial charge in [0.1, 0.15) is 0 Å². The molecule has 2 aromatic rings. The van der Waals surface area contributed by atoms with Crippen LogP contribution in [0.2, 0.25) is 0 Å². The molecule has 4 nitrogen and oxygen atoms in total. The zero-order chi connectivity index (χ0) is 10.8. The number of hydrogen-bond donors (Lipinski definition) is 0. The monoisotopic (exact) mass is 202 g/mol. The molecule has 0 amide bonds. The molecule has 0 radical (unpaired) electrons. The van der Waals surface area contributed by atoms with Crippen LogP contribution in [0.1, 0.15) is 16.1 Å². The van der Waals surface area contributed by atoms with Gasteiger partial charge in [-0.05, 0) is 30.7 Å². The number of rotatable bonds is 1. The van der Waals surface area contributed by atoms with Crippen LogP contribution >= 0.6 is 0 Å². The predicted molar refractivity (Wildman–Crippen MR) is 55.6 cm³/mol. The van der Waals surface area contributed by atoms with Gasteiger partial charge in [0, 0.05) is 11.6 Å². The molecule has 0 fully saturated rings. The molecular formula is C11H10N2O2. The van der Waals surface area contributed by atoms with Crippen LogP contribution in [0.15, 0.2) is 24.4 Å². The molecule has 0 saturated heterocycles. The highest BCUT2D eigenvalue weighted by Crippen LogP contribution is 2.14. The maximum atomic E-state index is 11.2. The first kappa shape index (κ1) is 9.58. The molecule has 0 aromatic carbocycles. The highest BCUT2D eigenvalue weighted by molar-refractivity contribution is 5.90. The lowest BCUT2D eigenvalue weighted by molar-refractivity contribution is 0.0594. The minimum Gasteiger partial charge on any atom is -0.464 e. The van der Waals surface area contributed by atoms with Gasteiger partial charge in [0.2, 0.25) is 0 Å². The van der Waals surface area contributed by atoms with Gasteiger partial charge in [0.15, 0.2) is 11.3 Å². The van der Waals surface area contributed by atoms with Gasteiger partial charge in [-0.2, -0.15) is 0 Å². The highest BCUT2D eigenvalue weighted by Gasteiger charge is 2.08. The van der Waals surface area contributed by atoms with Crippen molar-refractivity contribution < 1.29 is 9.53 Å². The molecule has 0 bridgehead atoms. The molecule has 0 aliphatic rings. The normalized spacial score (nSPS) is 10.3. The second kappa shape index (κ2) is 3.65. The predicted octanol–water partition coefficient (Wildman–Crippen LogP) is 1.72. The van der Waals surface area contributed by atoms with Gasteiger partial charge < -0.3 is 4.74 Å². The van der Waals surface area contributed by atoms with Gasteiger partial charge in [0.25, 0.3) is 0 Å². The zero-order valence-corrected chi connectivity index (χ0v) is 8.52. The average Bonchev–Trinajstić information content (AvgIpc) is 2.28. The van der Waals surface area contributed by atoms with Crippen molar-refractivity contribution in [1.29, 1.82) is 0 Å². The lowest BCUT2D eigenvalue weighted by Crippen LogP contribution is -2.04. The Kier molecular flexibility index (Phi) is 2.33. The van der Waals surface area contributed by atoms with E-state index in [4.69, 9.17) is 0 Å². The molecule has 0 atom stereocenters. The molecule has 0 spiro atoms. The number of nitrogens with zero attached hydrogens (tertiary/aromatic N) is 2. The standard InChI is InChI=1S/C11H10N2O2/c1-7-5-6-12-10-8(7)3-4-9(13-10)11(14)15-2/h3-6H,1-2H3. The van der Waals surface area contributed by atoms with Crippen molar-refractivity contribution >= 4 is 17.0 Å². The number of methoxy groups -OCH3 is 1. The Morgan fingerprint density at radius 2 is 2.13 bits per heavy atom. The van der Waals surface area contributed by atoms with E-state index >= 15 is 0 Å². The van der Waals surface area contributed by atoms with Gasteiger partial charge in [-0.15, -0.1) is 0 Å². The van der Waals surface area contributed by atoms with Crippen LogP contribution in [0.4, 0.5) is 0 Å². The maximum Gasteiger partial charge on any atom is 0.356 e. The summed E-state index contributed by atoms with van der Waals surface area (Å²) in [5.41, 5.74) is 1.94. The fourth-order valence-electron chi connectivity index (χ4n) is 1.38. The van der Waals surface area contributed by atoms with Crippen molar-refractivity contribution in [3.8, 4) is 0 Å². The third-order valence-corrected chi connectivity index (χ3v) is 2.22. The molecule has 2 aromatic heterocycles. The third-order valence-electron chi connectivity index (χ3n) is 2.22. The number of pyridine rings is 2. The quantitative estimate of drug-likeness (QED) is 0.661. The number of fused-ring (bicyclic) bond motifs is 1. The average molecular weight is 202 g/mol. The van der Waals surface area contributed by atoms with E-state index in [0.717, 1.165) is 10.9 Å². The summed E-state index contributed by atoms with van der Waals surface area (Å²) in [6, 6.07) is 5.38. The van der Waals surface area contributed by atoms with Crippen molar-refractivity contribution in [2.45, 2.75) is 6.92 Å². The molecule has 0 aliphatic heterocycles. The molecule has 2 heterocycles. The Morgan fingerprint density at radius 3 is 2.87 bits per heavy atom. The number of carbonyl (C=O) groups excluding carboxylic acids is 1. The van der Waals surface area contributed by atoms with Gasteiger partial charge in [-0.1, -0.05) is 0 Å². The number of aryl methyl sites for hydroxylation is 1. The Labute approximate surface area is 86.9 Å². The maximum absolute atomic E-state index is 11.2. The first-order valence-electron chi connectivity index (χ1n) is 4.53. The summed E-state index contributed by atoms with van der Waals surface area (Å²) < 4.78 is 4.59. The van der Waals surface area contributed by atoms with Crippen LogP contribution in [0, 0.1) is 6.92 Å². The molecule has 2 rings (SSSR count). The summed E-state index contributed by atoms with van der Waals surface area (Å²) in [6.45, 7) is 1.98. The van der Waals surface area contributed by atoms with Gasteiger partial charge in [-0.25, -0.2) is 14.8 Å². The Bertz CT molecular complexity index is 523. The fourth-order valence-corrected chi connectivity index (χ4v) is 1.38. The van der Waals surface area contributed by atoms with Gasteiger partial charge in [-0.3, -0.25) is 0 Å². The molecular weight excluding hydrogens is 192 g/mol. The molecule has 0 saturated carbocycles. The van der Waals surface area contributed by atoms with E-state index in [1.165, 1.54) is 7.11 Å². The van der Waals surface area contributed by atoms with Crippen LogP contribution in [0.25, 0.3) is 11.0 Å².